The second-order valence-electron chi connectivity index (χ2n) is 4.55. The Balaban J connectivity index is 0.00000200. The average Bonchev–Trinajstić information content (AvgIpc) is 2.88. The lowest BCUT2D eigenvalue weighted by atomic mass is 10.1. The zero-order valence-corrected chi connectivity index (χ0v) is 14.3. The van der Waals surface area contributed by atoms with Gasteiger partial charge in [0, 0.05) is 18.0 Å². The van der Waals surface area contributed by atoms with E-state index in [1.165, 1.54) is 22.1 Å². The maximum atomic E-state index is 12.5. The third-order valence-electron chi connectivity index (χ3n) is 3.34. The minimum absolute atomic E-state index is 0. The standard InChI is InChI=1S/C12H17ClN2O2S2.ClH/c1-18-12-3-2-10(6-11(12)13)19(16,17)15-5-4-9(7-14)8-15;/h2-3,6,9H,4-5,7-8,14H2,1H3;1H. The Morgan fingerprint density at radius 2 is 2.20 bits per heavy atom. The lowest BCUT2D eigenvalue weighted by Crippen LogP contribution is -2.30. The number of rotatable bonds is 4. The summed E-state index contributed by atoms with van der Waals surface area (Å²) in [5, 5.41) is 0.475. The van der Waals surface area contributed by atoms with Crippen LogP contribution in [0.2, 0.25) is 5.02 Å². The Bertz CT molecular complexity index is 567. The highest BCUT2D eigenvalue weighted by molar-refractivity contribution is 7.98. The van der Waals surface area contributed by atoms with Crippen LogP contribution in [0.3, 0.4) is 0 Å². The van der Waals surface area contributed by atoms with E-state index in [9.17, 15) is 8.42 Å². The number of hydrogen-bond donors (Lipinski definition) is 1. The normalized spacial score (nSPS) is 19.9. The van der Waals surface area contributed by atoms with Crippen molar-refractivity contribution in [3.63, 3.8) is 0 Å². The molecule has 1 heterocycles. The van der Waals surface area contributed by atoms with E-state index < -0.39 is 10.0 Å². The second-order valence-corrected chi connectivity index (χ2v) is 7.74. The topological polar surface area (TPSA) is 63.4 Å². The first-order valence-electron chi connectivity index (χ1n) is 6.02. The first kappa shape index (κ1) is 18.1. The van der Waals surface area contributed by atoms with E-state index >= 15 is 0 Å². The molecule has 0 spiro atoms. The van der Waals surface area contributed by atoms with E-state index in [4.69, 9.17) is 17.3 Å². The summed E-state index contributed by atoms with van der Waals surface area (Å²) < 4.78 is 26.4. The number of nitrogens with two attached hydrogens (primary N) is 1. The van der Waals surface area contributed by atoms with Gasteiger partial charge in [-0.2, -0.15) is 4.31 Å². The Morgan fingerprint density at radius 1 is 1.50 bits per heavy atom. The van der Waals surface area contributed by atoms with Gasteiger partial charge in [0.15, 0.2) is 0 Å². The highest BCUT2D eigenvalue weighted by Gasteiger charge is 2.32. The van der Waals surface area contributed by atoms with E-state index in [1.54, 1.807) is 12.1 Å². The van der Waals surface area contributed by atoms with Crippen molar-refractivity contribution in [1.82, 2.24) is 4.31 Å². The summed E-state index contributed by atoms with van der Waals surface area (Å²) in [6.07, 6.45) is 2.73. The van der Waals surface area contributed by atoms with Gasteiger partial charge < -0.3 is 5.73 Å². The van der Waals surface area contributed by atoms with Crippen molar-refractivity contribution in [2.75, 3.05) is 25.9 Å². The van der Waals surface area contributed by atoms with E-state index in [2.05, 4.69) is 0 Å². The molecule has 0 saturated carbocycles. The summed E-state index contributed by atoms with van der Waals surface area (Å²) in [6, 6.07) is 4.89. The fourth-order valence-electron chi connectivity index (χ4n) is 2.16. The number of benzene rings is 1. The predicted octanol–water partition coefficient (Wildman–Crippen LogP) is 2.45. The molecule has 114 valence electrons. The molecular formula is C12H18Cl2N2O2S2. The van der Waals surface area contributed by atoms with Crippen molar-refractivity contribution in [1.29, 1.82) is 0 Å². The van der Waals surface area contributed by atoms with Crippen LogP contribution in [-0.4, -0.2) is 38.6 Å². The third-order valence-corrected chi connectivity index (χ3v) is 6.42. The molecule has 1 saturated heterocycles. The Hall–Kier alpha value is 0.0200. The summed E-state index contributed by atoms with van der Waals surface area (Å²) in [4.78, 5) is 1.13. The van der Waals surface area contributed by atoms with E-state index in [0.717, 1.165) is 11.3 Å². The molecule has 2 rings (SSSR count). The Morgan fingerprint density at radius 3 is 2.70 bits per heavy atom. The maximum absolute atomic E-state index is 12.5. The lowest BCUT2D eigenvalue weighted by Gasteiger charge is -2.17. The highest BCUT2D eigenvalue weighted by atomic mass is 35.5. The molecule has 1 unspecified atom stereocenters. The van der Waals surface area contributed by atoms with Crippen LogP contribution in [0.1, 0.15) is 6.42 Å². The molecular weight excluding hydrogens is 339 g/mol. The predicted molar refractivity (Wildman–Crippen MR) is 86.4 cm³/mol. The van der Waals surface area contributed by atoms with E-state index in [0.29, 0.717) is 24.7 Å². The van der Waals surface area contributed by atoms with Crippen molar-refractivity contribution in [3.05, 3.63) is 23.2 Å². The van der Waals surface area contributed by atoms with Gasteiger partial charge in [-0.1, -0.05) is 11.6 Å². The van der Waals surface area contributed by atoms with E-state index in [-0.39, 0.29) is 23.2 Å². The van der Waals surface area contributed by atoms with Crippen molar-refractivity contribution < 1.29 is 8.42 Å². The molecule has 1 aliphatic heterocycles. The first-order valence-corrected chi connectivity index (χ1v) is 9.07. The van der Waals surface area contributed by atoms with Crippen molar-refractivity contribution >= 4 is 45.8 Å². The summed E-state index contributed by atoms with van der Waals surface area (Å²) in [7, 11) is -3.45. The van der Waals surface area contributed by atoms with Gasteiger partial charge in [0.2, 0.25) is 10.0 Å². The maximum Gasteiger partial charge on any atom is 0.243 e. The molecule has 0 amide bonds. The summed E-state index contributed by atoms with van der Waals surface area (Å²) in [6.45, 7) is 1.56. The number of halogens is 2. The molecule has 1 fully saturated rings. The van der Waals surface area contributed by atoms with Crippen LogP contribution in [0.5, 0.6) is 0 Å². The molecule has 4 nitrogen and oxygen atoms in total. The third kappa shape index (κ3) is 3.61. The van der Waals surface area contributed by atoms with Crippen molar-refractivity contribution in [2.45, 2.75) is 16.2 Å². The molecule has 1 atom stereocenters. The van der Waals surface area contributed by atoms with Crippen LogP contribution < -0.4 is 5.73 Å². The Kier molecular flexibility index (Phi) is 6.63. The largest absolute Gasteiger partial charge is 0.330 e. The van der Waals surface area contributed by atoms with E-state index in [1.807, 2.05) is 6.26 Å². The number of hydrogen-bond acceptors (Lipinski definition) is 4. The van der Waals surface area contributed by atoms with Gasteiger partial charge in [0.1, 0.15) is 0 Å². The summed E-state index contributed by atoms with van der Waals surface area (Å²) in [5.41, 5.74) is 5.59. The number of nitrogens with zero attached hydrogens (tertiary/aromatic N) is 1. The van der Waals surface area contributed by atoms with Gasteiger partial charge >= 0.3 is 0 Å². The van der Waals surface area contributed by atoms with Crippen LogP contribution in [0.15, 0.2) is 28.0 Å². The smallest absolute Gasteiger partial charge is 0.243 e. The van der Waals surface area contributed by atoms with Gasteiger partial charge in [0.25, 0.3) is 0 Å². The van der Waals surface area contributed by atoms with Gasteiger partial charge in [-0.3, -0.25) is 0 Å². The van der Waals surface area contributed by atoms with Gasteiger partial charge in [0.05, 0.1) is 9.92 Å². The molecule has 0 aromatic heterocycles. The van der Waals surface area contributed by atoms with Crippen LogP contribution in [-0.2, 0) is 10.0 Å². The van der Waals surface area contributed by atoms with Crippen molar-refractivity contribution in [2.24, 2.45) is 11.7 Å². The highest BCUT2D eigenvalue weighted by Crippen LogP contribution is 2.30. The van der Waals surface area contributed by atoms with Crippen LogP contribution in [0, 0.1) is 5.92 Å². The Labute approximate surface area is 135 Å². The number of thioether (sulfide) groups is 1. The number of sulfonamides is 1. The first-order chi connectivity index (χ1) is 8.98. The minimum atomic E-state index is -3.45. The molecule has 0 bridgehead atoms. The quantitative estimate of drug-likeness (QED) is 0.841. The van der Waals surface area contributed by atoms with Crippen LogP contribution in [0.25, 0.3) is 0 Å². The van der Waals surface area contributed by atoms with Crippen LogP contribution in [0.4, 0.5) is 0 Å². The fourth-order valence-corrected chi connectivity index (χ4v) is 4.66. The monoisotopic (exact) mass is 356 g/mol. The zero-order chi connectivity index (χ0) is 14.0. The lowest BCUT2D eigenvalue weighted by molar-refractivity contribution is 0.459. The average molecular weight is 357 g/mol. The molecule has 8 heteroatoms. The van der Waals surface area contributed by atoms with Gasteiger partial charge in [-0.15, -0.1) is 24.2 Å². The van der Waals surface area contributed by atoms with Gasteiger partial charge in [-0.05, 0) is 43.3 Å². The van der Waals surface area contributed by atoms with Crippen molar-refractivity contribution in [3.8, 4) is 0 Å². The van der Waals surface area contributed by atoms with Gasteiger partial charge in [-0.25, -0.2) is 8.42 Å². The molecule has 1 aliphatic rings. The SMILES string of the molecule is CSc1ccc(S(=O)(=O)N2CCC(CN)C2)cc1Cl.Cl. The molecule has 0 aliphatic carbocycles. The molecule has 1 aromatic rings. The van der Waals surface area contributed by atoms with Crippen LogP contribution >= 0.6 is 35.8 Å². The molecule has 1 aromatic carbocycles. The summed E-state index contributed by atoms with van der Waals surface area (Å²) >= 11 is 7.57. The summed E-state index contributed by atoms with van der Waals surface area (Å²) in [5.74, 6) is 0.260. The second kappa shape index (κ2) is 7.33. The molecule has 20 heavy (non-hydrogen) atoms. The fraction of sp³-hybridized carbons (Fsp3) is 0.500. The molecule has 0 radical (unpaired) electrons. The minimum Gasteiger partial charge on any atom is -0.330 e. The molecule has 2 N–H and O–H groups in total. The zero-order valence-electron chi connectivity index (χ0n) is 11.1.